The van der Waals surface area contributed by atoms with Gasteiger partial charge in [-0.2, -0.15) is 0 Å². The summed E-state index contributed by atoms with van der Waals surface area (Å²) >= 11 is 7.49. The van der Waals surface area contributed by atoms with Gasteiger partial charge in [0.1, 0.15) is 0 Å². The largest absolute Gasteiger partial charge is 0.297 e. The topological polar surface area (TPSA) is 3.24 Å². The minimum absolute atomic E-state index is 0.946. The van der Waals surface area contributed by atoms with E-state index in [0.717, 1.165) is 13.1 Å². The van der Waals surface area contributed by atoms with Crippen molar-refractivity contribution < 1.29 is 0 Å². The van der Waals surface area contributed by atoms with Gasteiger partial charge in [0.25, 0.3) is 0 Å². The van der Waals surface area contributed by atoms with E-state index in [2.05, 4.69) is 82.8 Å². The first kappa shape index (κ1) is 18.8. The van der Waals surface area contributed by atoms with Crippen LogP contribution in [-0.4, -0.2) is 18.5 Å². The third kappa shape index (κ3) is 3.79. The lowest BCUT2D eigenvalue weighted by Gasteiger charge is -2.20. The fraction of sp³-hybridized carbons (Fsp3) is 0.130. The molecular formula is C23H19NS4. The lowest BCUT2D eigenvalue weighted by atomic mass is 9.96. The van der Waals surface area contributed by atoms with E-state index in [9.17, 15) is 0 Å². The van der Waals surface area contributed by atoms with E-state index in [-0.39, 0.29) is 0 Å². The highest BCUT2D eigenvalue weighted by molar-refractivity contribution is 8.33. The van der Waals surface area contributed by atoms with E-state index >= 15 is 0 Å². The first-order valence-corrected chi connectivity index (χ1v) is 12.6. The van der Waals surface area contributed by atoms with Crippen molar-refractivity contribution in [3.05, 3.63) is 89.8 Å². The van der Waals surface area contributed by atoms with Gasteiger partial charge in [-0.1, -0.05) is 95.6 Å². The van der Waals surface area contributed by atoms with Gasteiger partial charge in [0.05, 0.1) is 8.47 Å². The molecule has 0 radical (unpaired) electrons. The standard InChI is InChI=1S/C23H19NS4/c1-24(13-18-15-27-23(28-18)22-25-10-11-26-22)14-21-19-8-4-2-6-16(19)12-17-7-3-5-9-20(17)21/h2-12,15H,13-14H2,1H3. The van der Waals surface area contributed by atoms with Gasteiger partial charge >= 0.3 is 0 Å². The number of hydrogen-bond acceptors (Lipinski definition) is 5. The normalized spacial score (nSPS) is 16.7. The first-order valence-electron chi connectivity index (χ1n) is 9.12. The SMILES string of the molecule is CN(CC1=CSC(=C2SC=CS2)S1)Cc1c2ccccc2cc2ccccc12. The van der Waals surface area contributed by atoms with Gasteiger partial charge in [-0.15, -0.1) is 0 Å². The van der Waals surface area contributed by atoms with Crippen molar-refractivity contribution in [2.45, 2.75) is 6.54 Å². The Balaban J connectivity index is 1.40. The maximum absolute atomic E-state index is 2.44. The molecule has 0 atom stereocenters. The molecule has 0 saturated carbocycles. The molecule has 0 saturated heterocycles. The maximum Gasteiger partial charge on any atom is 0.0697 e. The van der Waals surface area contributed by atoms with E-state index in [1.807, 2.05) is 47.0 Å². The van der Waals surface area contributed by atoms with Crippen molar-refractivity contribution in [2.75, 3.05) is 13.6 Å². The smallest absolute Gasteiger partial charge is 0.0697 e. The summed E-state index contributed by atoms with van der Waals surface area (Å²) in [5.41, 5.74) is 1.43. The summed E-state index contributed by atoms with van der Waals surface area (Å²) in [5.74, 6) is 0. The third-order valence-corrected chi connectivity index (χ3v) is 9.88. The van der Waals surface area contributed by atoms with Crippen LogP contribution in [0.1, 0.15) is 5.56 Å². The number of nitrogens with zero attached hydrogens (tertiary/aromatic N) is 1. The van der Waals surface area contributed by atoms with Crippen molar-refractivity contribution in [3.8, 4) is 0 Å². The molecule has 5 heteroatoms. The molecule has 0 amide bonds. The molecule has 0 bridgehead atoms. The molecule has 2 heterocycles. The molecule has 28 heavy (non-hydrogen) atoms. The van der Waals surface area contributed by atoms with Gasteiger partial charge in [0, 0.05) is 18.0 Å². The lowest BCUT2D eigenvalue weighted by Crippen LogP contribution is -2.19. The fourth-order valence-electron chi connectivity index (χ4n) is 3.62. The van der Waals surface area contributed by atoms with Crippen LogP contribution < -0.4 is 0 Å². The molecular weight excluding hydrogens is 419 g/mol. The number of rotatable bonds is 4. The maximum atomic E-state index is 2.44. The van der Waals surface area contributed by atoms with Crippen LogP contribution >= 0.6 is 47.0 Å². The highest BCUT2D eigenvalue weighted by atomic mass is 32.2. The second-order valence-corrected chi connectivity index (χ2v) is 11.2. The van der Waals surface area contributed by atoms with E-state index in [1.54, 1.807) is 0 Å². The number of likely N-dealkylation sites (N-methyl/N-ethyl adjacent to an activating group) is 1. The predicted octanol–water partition coefficient (Wildman–Crippen LogP) is 7.82. The van der Waals surface area contributed by atoms with Crippen molar-refractivity contribution in [1.29, 1.82) is 0 Å². The molecule has 5 rings (SSSR count). The van der Waals surface area contributed by atoms with Crippen molar-refractivity contribution >= 4 is 68.6 Å². The van der Waals surface area contributed by atoms with Crippen molar-refractivity contribution in [3.63, 3.8) is 0 Å². The van der Waals surface area contributed by atoms with E-state index in [0.29, 0.717) is 0 Å². The Morgan fingerprint density at radius 3 is 2.07 bits per heavy atom. The van der Waals surface area contributed by atoms with Gasteiger partial charge in [-0.25, -0.2) is 0 Å². The van der Waals surface area contributed by atoms with Crippen LogP contribution in [0.5, 0.6) is 0 Å². The Hall–Kier alpha value is -1.24. The summed E-state index contributed by atoms with van der Waals surface area (Å²) in [6.07, 6.45) is 0. The Bertz CT molecular complexity index is 1080. The Labute approximate surface area is 182 Å². The zero-order chi connectivity index (χ0) is 18.9. The van der Waals surface area contributed by atoms with E-state index in [1.165, 1.54) is 40.5 Å². The van der Waals surface area contributed by atoms with Gasteiger partial charge in [-0.3, -0.25) is 4.90 Å². The van der Waals surface area contributed by atoms with Gasteiger partial charge in [-0.05, 0) is 56.4 Å². The van der Waals surface area contributed by atoms with Crippen LogP contribution in [0, 0.1) is 0 Å². The van der Waals surface area contributed by atoms with Crippen LogP contribution in [0.4, 0.5) is 0 Å². The van der Waals surface area contributed by atoms with Crippen LogP contribution in [0.15, 0.2) is 84.2 Å². The molecule has 0 spiro atoms. The lowest BCUT2D eigenvalue weighted by molar-refractivity contribution is 0.364. The van der Waals surface area contributed by atoms with Crippen molar-refractivity contribution in [1.82, 2.24) is 4.90 Å². The summed E-state index contributed by atoms with van der Waals surface area (Å²) in [5, 5.41) is 12.0. The van der Waals surface area contributed by atoms with Gasteiger partial charge < -0.3 is 0 Å². The number of fused-ring (bicyclic) bond motifs is 2. The van der Waals surface area contributed by atoms with Crippen LogP contribution in [0.3, 0.4) is 0 Å². The molecule has 0 aromatic heterocycles. The molecule has 0 aliphatic carbocycles. The minimum atomic E-state index is 0.946. The number of thioether (sulfide) groups is 4. The van der Waals surface area contributed by atoms with Crippen LogP contribution in [0.2, 0.25) is 0 Å². The second-order valence-electron chi connectivity index (χ2n) is 6.86. The summed E-state index contributed by atoms with van der Waals surface area (Å²) in [6.45, 7) is 1.93. The van der Waals surface area contributed by atoms with Gasteiger partial charge in [0.15, 0.2) is 0 Å². The highest BCUT2D eigenvalue weighted by Gasteiger charge is 2.20. The zero-order valence-electron chi connectivity index (χ0n) is 15.4. The molecule has 2 aliphatic heterocycles. The second kappa shape index (κ2) is 8.25. The molecule has 0 fully saturated rings. The molecule has 3 aromatic rings. The predicted molar refractivity (Wildman–Crippen MR) is 132 cm³/mol. The Morgan fingerprint density at radius 2 is 1.39 bits per heavy atom. The molecule has 0 N–H and O–H groups in total. The number of benzene rings is 3. The molecule has 2 aliphatic rings. The monoisotopic (exact) mass is 437 g/mol. The third-order valence-electron chi connectivity index (χ3n) is 4.83. The van der Waals surface area contributed by atoms with Gasteiger partial charge in [0.2, 0.25) is 0 Å². The number of hydrogen-bond donors (Lipinski definition) is 0. The van der Waals surface area contributed by atoms with E-state index in [4.69, 9.17) is 0 Å². The minimum Gasteiger partial charge on any atom is -0.297 e. The summed E-state index contributed by atoms with van der Waals surface area (Å²) in [7, 11) is 2.23. The molecule has 1 nitrogen and oxygen atoms in total. The zero-order valence-corrected chi connectivity index (χ0v) is 18.7. The molecule has 3 aromatic carbocycles. The molecule has 140 valence electrons. The Kier molecular flexibility index (Phi) is 5.53. The average Bonchev–Trinajstić information content (AvgIpc) is 3.39. The quantitative estimate of drug-likeness (QED) is 0.381. The molecule has 0 unspecified atom stereocenters. The Morgan fingerprint density at radius 1 is 0.750 bits per heavy atom. The summed E-state index contributed by atoms with van der Waals surface area (Å²) in [4.78, 5) is 3.88. The van der Waals surface area contributed by atoms with Crippen molar-refractivity contribution in [2.24, 2.45) is 0 Å². The average molecular weight is 438 g/mol. The highest BCUT2D eigenvalue weighted by Crippen LogP contribution is 2.53. The summed E-state index contributed by atoms with van der Waals surface area (Å²) < 4.78 is 2.85. The van der Waals surface area contributed by atoms with Crippen LogP contribution in [0.25, 0.3) is 21.5 Å². The summed E-state index contributed by atoms with van der Waals surface area (Å²) in [6, 6.07) is 19.8. The fourth-order valence-corrected chi connectivity index (χ4v) is 8.19. The van der Waals surface area contributed by atoms with Crippen LogP contribution in [-0.2, 0) is 6.54 Å². The van der Waals surface area contributed by atoms with E-state index < -0.39 is 0 Å². The first-order chi connectivity index (χ1) is 13.8.